The molecule has 3 aromatic heterocycles. The van der Waals surface area contributed by atoms with Crippen LogP contribution in [0.15, 0.2) is 55.0 Å². The van der Waals surface area contributed by atoms with Crippen molar-refractivity contribution in [2.24, 2.45) is 0 Å². The van der Waals surface area contributed by atoms with E-state index in [2.05, 4.69) is 20.2 Å². The van der Waals surface area contributed by atoms with Gasteiger partial charge in [0.15, 0.2) is 5.65 Å². The number of carbonyl (C=O) groups excluding carboxylic acids is 2. The van der Waals surface area contributed by atoms with Crippen molar-refractivity contribution < 1.29 is 22.8 Å². The Morgan fingerprint density at radius 1 is 1.00 bits per heavy atom. The summed E-state index contributed by atoms with van der Waals surface area (Å²) in [5.41, 5.74) is 0.170. The summed E-state index contributed by atoms with van der Waals surface area (Å²) in [6, 6.07) is 7.50. The lowest BCUT2D eigenvalue weighted by Gasteiger charge is -2.16. The number of imide groups is 1. The molecule has 0 fully saturated rings. The van der Waals surface area contributed by atoms with Gasteiger partial charge in [0.1, 0.15) is 0 Å². The predicted octanol–water partition coefficient (Wildman–Crippen LogP) is 3.84. The standard InChI is InChI=1S/C20H10F3N5O2/c21-20(22,23)11-4-1-5-12(7-11)28-18(29)13-9-25-17-15(14(13)19(28)30)16(26-27-17)10-3-2-6-24-8-10/h1-9H,(H,25,26,27). The van der Waals surface area contributed by atoms with E-state index < -0.39 is 23.6 Å². The second kappa shape index (κ2) is 6.21. The highest BCUT2D eigenvalue weighted by Gasteiger charge is 2.41. The highest BCUT2D eigenvalue weighted by atomic mass is 19.4. The normalized spacial score (nSPS) is 13.9. The van der Waals surface area contributed by atoms with Gasteiger partial charge in [-0.25, -0.2) is 9.88 Å². The zero-order valence-corrected chi connectivity index (χ0v) is 14.9. The van der Waals surface area contributed by atoms with Gasteiger partial charge in [-0.1, -0.05) is 6.07 Å². The molecule has 0 saturated carbocycles. The van der Waals surface area contributed by atoms with Crippen molar-refractivity contribution in [1.29, 1.82) is 0 Å². The van der Waals surface area contributed by atoms with Crippen LogP contribution in [0.3, 0.4) is 0 Å². The van der Waals surface area contributed by atoms with Gasteiger partial charge in [0.2, 0.25) is 0 Å². The van der Waals surface area contributed by atoms with Crippen molar-refractivity contribution in [3.05, 3.63) is 71.7 Å². The fourth-order valence-corrected chi connectivity index (χ4v) is 3.47. The lowest BCUT2D eigenvalue weighted by atomic mass is 10.0. The SMILES string of the molecule is O=C1c2cnc3n[nH]c(-c4cccnc4)c3c2C(=O)N1c1cccc(C(F)(F)F)c1. The van der Waals surface area contributed by atoms with Gasteiger partial charge in [-0.3, -0.25) is 19.7 Å². The summed E-state index contributed by atoms with van der Waals surface area (Å²) >= 11 is 0. The number of anilines is 1. The number of alkyl halides is 3. The van der Waals surface area contributed by atoms with Crippen LogP contribution in [0.2, 0.25) is 0 Å². The van der Waals surface area contributed by atoms with Crippen molar-refractivity contribution >= 4 is 28.5 Å². The van der Waals surface area contributed by atoms with Gasteiger partial charge in [-0.15, -0.1) is 0 Å². The zero-order valence-electron chi connectivity index (χ0n) is 14.9. The molecule has 30 heavy (non-hydrogen) atoms. The Balaban J connectivity index is 1.69. The van der Waals surface area contributed by atoms with E-state index >= 15 is 0 Å². The molecule has 0 atom stereocenters. The van der Waals surface area contributed by atoms with Crippen molar-refractivity contribution in [2.75, 3.05) is 4.90 Å². The van der Waals surface area contributed by atoms with Gasteiger partial charge in [-0.2, -0.15) is 18.3 Å². The van der Waals surface area contributed by atoms with Crippen LogP contribution < -0.4 is 4.90 Å². The molecule has 4 aromatic rings. The van der Waals surface area contributed by atoms with Gasteiger partial charge in [-0.05, 0) is 30.3 Å². The number of amides is 2. The zero-order chi connectivity index (χ0) is 21.0. The van der Waals surface area contributed by atoms with Gasteiger partial charge >= 0.3 is 6.18 Å². The summed E-state index contributed by atoms with van der Waals surface area (Å²) in [4.78, 5) is 35.0. The minimum atomic E-state index is -4.61. The van der Waals surface area contributed by atoms with E-state index in [1.165, 1.54) is 12.3 Å². The van der Waals surface area contributed by atoms with Crippen molar-refractivity contribution in [2.45, 2.75) is 6.18 Å². The number of halogens is 3. The summed E-state index contributed by atoms with van der Waals surface area (Å²) in [6.45, 7) is 0. The lowest BCUT2D eigenvalue weighted by molar-refractivity contribution is -0.137. The molecule has 0 aliphatic carbocycles. The molecule has 5 rings (SSSR count). The first-order chi connectivity index (χ1) is 14.4. The second-order valence-electron chi connectivity index (χ2n) is 6.58. The van der Waals surface area contributed by atoms with Gasteiger partial charge in [0.25, 0.3) is 11.8 Å². The molecule has 2 amide bonds. The molecule has 0 spiro atoms. The Kier molecular flexibility index (Phi) is 3.72. The summed E-state index contributed by atoms with van der Waals surface area (Å²) in [5, 5.41) is 7.19. The minimum Gasteiger partial charge on any atom is -0.275 e. The first kappa shape index (κ1) is 18.0. The second-order valence-corrected chi connectivity index (χ2v) is 6.58. The van der Waals surface area contributed by atoms with E-state index in [1.54, 1.807) is 24.5 Å². The number of pyridine rings is 2. The average molecular weight is 409 g/mol. The monoisotopic (exact) mass is 409 g/mol. The molecule has 0 bridgehead atoms. The molecule has 1 aliphatic heterocycles. The van der Waals surface area contributed by atoms with E-state index in [-0.39, 0.29) is 22.5 Å². The maximum atomic E-state index is 13.2. The quantitative estimate of drug-likeness (QED) is 0.508. The molecule has 0 radical (unpaired) electrons. The van der Waals surface area contributed by atoms with Crippen molar-refractivity contribution in [3.63, 3.8) is 0 Å². The van der Waals surface area contributed by atoms with Crippen molar-refractivity contribution in [3.8, 4) is 11.3 Å². The molecule has 0 unspecified atom stereocenters. The van der Waals surface area contributed by atoms with Crippen LogP contribution in [-0.2, 0) is 6.18 Å². The van der Waals surface area contributed by atoms with E-state index in [9.17, 15) is 22.8 Å². The number of fused-ring (bicyclic) bond motifs is 3. The number of nitrogens with one attached hydrogen (secondary N) is 1. The third-order valence-corrected chi connectivity index (χ3v) is 4.81. The highest BCUT2D eigenvalue weighted by Crippen LogP contribution is 2.38. The van der Waals surface area contributed by atoms with Gasteiger partial charge in [0.05, 0.1) is 33.5 Å². The van der Waals surface area contributed by atoms with E-state index in [0.717, 1.165) is 23.1 Å². The Bertz CT molecular complexity index is 1330. The highest BCUT2D eigenvalue weighted by molar-refractivity contribution is 6.38. The number of carbonyl (C=O) groups is 2. The Morgan fingerprint density at radius 2 is 1.83 bits per heavy atom. The van der Waals surface area contributed by atoms with Crippen LogP contribution in [0.25, 0.3) is 22.3 Å². The average Bonchev–Trinajstić information content (AvgIpc) is 3.27. The lowest BCUT2D eigenvalue weighted by Crippen LogP contribution is -2.29. The maximum Gasteiger partial charge on any atom is 0.416 e. The molecule has 10 heteroatoms. The van der Waals surface area contributed by atoms with Crippen LogP contribution in [0, 0.1) is 0 Å². The topological polar surface area (TPSA) is 91.8 Å². The van der Waals surface area contributed by atoms with Gasteiger partial charge in [0, 0.05) is 24.2 Å². The largest absolute Gasteiger partial charge is 0.416 e. The number of nitrogens with zero attached hydrogens (tertiary/aromatic N) is 4. The Labute approximate surface area is 166 Å². The number of aromatic amines is 1. The summed E-state index contributed by atoms with van der Waals surface area (Å²) < 4.78 is 39.3. The number of H-pyrrole nitrogens is 1. The molecule has 1 N–H and O–H groups in total. The third-order valence-electron chi connectivity index (χ3n) is 4.81. The molecule has 1 aromatic carbocycles. The number of hydrogen-bond donors (Lipinski definition) is 1. The van der Waals surface area contributed by atoms with Crippen LogP contribution in [0.4, 0.5) is 18.9 Å². The first-order valence-electron chi connectivity index (χ1n) is 8.70. The summed E-state index contributed by atoms with van der Waals surface area (Å²) in [5.74, 6) is -1.49. The molecule has 7 nitrogen and oxygen atoms in total. The summed E-state index contributed by atoms with van der Waals surface area (Å²) in [7, 11) is 0. The fraction of sp³-hybridized carbons (Fsp3) is 0.0500. The smallest absolute Gasteiger partial charge is 0.275 e. The molecule has 0 saturated heterocycles. The van der Waals surface area contributed by atoms with Crippen LogP contribution in [0.5, 0.6) is 0 Å². The third kappa shape index (κ3) is 2.57. The fourth-order valence-electron chi connectivity index (χ4n) is 3.47. The summed E-state index contributed by atoms with van der Waals surface area (Å²) in [6.07, 6.45) is -0.270. The Hall–Kier alpha value is -4.08. The van der Waals surface area contributed by atoms with Crippen LogP contribution in [-0.4, -0.2) is 32.0 Å². The van der Waals surface area contributed by atoms with E-state index in [1.807, 2.05) is 0 Å². The van der Waals surface area contributed by atoms with Crippen molar-refractivity contribution in [1.82, 2.24) is 20.2 Å². The number of rotatable bonds is 2. The first-order valence-corrected chi connectivity index (χ1v) is 8.70. The maximum absolute atomic E-state index is 13.2. The molecular weight excluding hydrogens is 399 g/mol. The van der Waals surface area contributed by atoms with E-state index in [0.29, 0.717) is 16.6 Å². The number of hydrogen-bond acceptors (Lipinski definition) is 5. The van der Waals surface area contributed by atoms with Crippen LogP contribution >= 0.6 is 0 Å². The predicted molar refractivity (Wildman–Crippen MR) is 99.7 cm³/mol. The minimum absolute atomic E-state index is 0.00329. The molecular formula is C20H10F3N5O2. The number of aromatic nitrogens is 4. The van der Waals surface area contributed by atoms with Gasteiger partial charge < -0.3 is 0 Å². The number of benzene rings is 1. The Morgan fingerprint density at radius 3 is 2.57 bits per heavy atom. The molecule has 148 valence electrons. The molecule has 1 aliphatic rings. The van der Waals surface area contributed by atoms with E-state index in [4.69, 9.17) is 0 Å². The van der Waals surface area contributed by atoms with Crippen LogP contribution in [0.1, 0.15) is 26.3 Å². The molecule has 4 heterocycles.